The average Bonchev–Trinajstić information content (AvgIpc) is 3.24. The second-order valence-corrected chi connectivity index (χ2v) is 9.44. The Morgan fingerprint density at radius 3 is 2.94 bits per heavy atom. The summed E-state index contributed by atoms with van der Waals surface area (Å²) in [5.74, 6) is -0.384. The number of piperazine rings is 1. The summed E-state index contributed by atoms with van der Waals surface area (Å²) in [5.41, 5.74) is 3.57. The van der Waals surface area contributed by atoms with Crippen LogP contribution in [0.4, 0.5) is 10.1 Å². The number of nitrogens with one attached hydrogen (secondary N) is 1. The van der Waals surface area contributed by atoms with Gasteiger partial charge in [-0.05, 0) is 30.2 Å². The summed E-state index contributed by atoms with van der Waals surface area (Å²) < 4.78 is 22.2. The monoisotopic (exact) mass is 492 g/mol. The summed E-state index contributed by atoms with van der Waals surface area (Å²) in [6, 6.07) is 5.37. The molecule has 3 aliphatic rings. The Bertz CT molecular complexity index is 1460. The first kappa shape index (κ1) is 21.9. The predicted molar refractivity (Wildman–Crippen MR) is 131 cm³/mol. The first-order chi connectivity index (χ1) is 16.9. The first-order valence-corrected chi connectivity index (χ1v) is 11.8. The third-order valence-corrected chi connectivity index (χ3v) is 7.39. The maximum absolute atomic E-state index is 16.2. The first-order valence-electron chi connectivity index (χ1n) is 11.4. The van der Waals surface area contributed by atoms with Crippen LogP contribution in [0.3, 0.4) is 0 Å². The van der Waals surface area contributed by atoms with Gasteiger partial charge in [-0.3, -0.25) is 9.59 Å². The highest BCUT2D eigenvalue weighted by atomic mass is 35.5. The van der Waals surface area contributed by atoms with Gasteiger partial charge in [0, 0.05) is 42.7 Å². The van der Waals surface area contributed by atoms with Crippen molar-refractivity contribution >= 4 is 40.0 Å². The van der Waals surface area contributed by atoms with Crippen molar-refractivity contribution in [2.45, 2.75) is 19.5 Å². The molecule has 1 fully saturated rings. The van der Waals surface area contributed by atoms with E-state index in [1.54, 1.807) is 11.0 Å². The van der Waals surface area contributed by atoms with E-state index in [1.807, 2.05) is 19.1 Å². The minimum atomic E-state index is -0.575. The molecule has 1 saturated heterocycles. The SMILES string of the molecule is C=CC(=O)N1CCN2c3c(cnc4c(F)c(-c5c(C)ccc6c5C(=O)NC6)c(Cl)cc34)OC[C@H]2C1. The number of aromatic nitrogens is 1. The number of carbonyl (C=O) groups is 2. The molecule has 1 aromatic heterocycles. The van der Waals surface area contributed by atoms with Gasteiger partial charge in [-0.25, -0.2) is 9.37 Å². The molecule has 0 radical (unpaired) electrons. The van der Waals surface area contributed by atoms with Gasteiger partial charge < -0.3 is 19.9 Å². The highest BCUT2D eigenvalue weighted by molar-refractivity contribution is 6.35. The Balaban J connectivity index is 1.52. The molecule has 1 N–H and O–H groups in total. The zero-order chi connectivity index (χ0) is 24.4. The normalized spacial score (nSPS) is 18.5. The summed E-state index contributed by atoms with van der Waals surface area (Å²) in [4.78, 5) is 33.0. The van der Waals surface area contributed by atoms with Gasteiger partial charge in [-0.2, -0.15) is 0 Å². The molecule has 9 heteroatoms. The number of rotatable bonds is 2. The van der Waals surface area contributed by atoms with Crippen molar-refractivity contribution in [3.05, 3.63) is 64.6 Å². The van der Waals surface area contributed by atoms with Crippen LogP contribution in [0.1, 0.15) is 21.5 Å². The van der Waals surface area contributed by atoms with E-state index in [-0.39, 0.29) is 34.0 Å². The highest BCUT2D eigenvalue weighted by Gasteiger charge is 2.36. The van der Waals surface area contributed by atoms with Crippen molar-refractivity contribution < 1.29 is 18.7 Å². The Kier molecular flexibility index (Phi) is 4.96. The van der Waals surface area contributed by atoms with Crippen molar-refractivity contribution in [3.63, 3.8) is 0 Å². The number of pyridine rings is 1. The third-order valence-electron chi connectivity index (χ3n) is 7.10. The van der Waals surface area contributed by atoms with Crippen molar-refractivity contribution in [3.8, 4) is 16.9 Å². The molecule has 0 spiro atoms. The van der Waals surface area contributed by atoms with Gasteiger partial charge in [-0.1, -0.05) is 30.3 Å². The predicted octanol–water partition coefficient (Wildman–Crippen LogP) is 3.84. The van der Waals surface area contributed by atoms with Gasteiger partial charge in [0.1, 0.15) is 12.1 Å². The third kappa shape index (κ3) is 3.20. The second-order valence-electron chi connectivity index (χ2n) is 9.04. The molecule has 0 saturated carbocycles. The topological polar surface area (TPSA) is 74.8 Å². The van der Waals surface area contributed by atoms with Crippen LogP contribution in [0.5, 0.6) is 5.75 Å². The van der Waals surface area contributed by atoms with E-state index in [9.17, 15) is 9.59 Å². The smallest absolute Gasteiger partial charge is 0.252 e. The summed E-state index contributed by atoms with van der Waals surface area (Å²) in [5, 5.41) is 3.55. The molecule has 35 heavy (non-hydrogen) atoms. The molecule has 6 rings (SSSR count). The molecule has 2 aromatic carbocycles. The van der Waals surface area contributed by atoms with Gasteiger partial charge in [-0.15, -0.1) is 0 Å². The van der Waals surface area contributed by atoms with Crippen LogP contribution in [0, 0.1) is 12.7 Å². The van der Waals surface area contributed by atoms with Gasteiger partial charge in [0.15, 0.2) is 11.6 Å². The molecular weight excluding hydrogens is 471 g/mol. The lowest BCUT2D eigenvalue weighted by Gasteiger charge is -2.45. The number of benzene rings is 2. The van der Waals surface area contributed by atoms with E-state index in [1.165, 1.54) is 12.3 Å². The summed E-state index contributed by atoms with van der Waals surface area (Å²) in [7, 11) is 0. The fraction of sp³-hybridized carbons (Fsp3) is 0.269. The molecule has 3 aliphatic heterocycles. The second kappa shape index (κ2) is 7.95. The molecule has 178 valence electrons. The van der Waals surface area contributed by atoms with Crippen molar-refractivity contribution in [2.24, 2.45) is 0 Å². The van der Waals surface area contributed by atoms with E-state index in [0.29, 0.717) is 55.0 Å². The van der Waals surface area contributed by atoms with Crippen LogP contribution >= 0.6 is 11.6 Å². The number of nitrogens with zero attached hydrogens (tertiary/aromatic N) is 3. The molecule has 7 nitrogen and oxygen atoms in total. The number of halogens is 2. The number of hydrogen-bond donors (Lipinski definition) is 1. The van der Waals surface area contributed by atoms with E-state index in [0.717, 1.165) is 16.8 Å². The number of fused-ring (bicyclic) bond motifs is 6. The summed E-state index contributed by atoms with van der Waals surface area (Å²) in [6.07, 6.45) is 2.84. The zero-order valence-corrected chi connectivity index (χ0v) is 19.8. The van der Waals surface area contributed by atoms with Gasteiger partial charge >= 0.3 is 0 Å². The van der Waals surface area contributed by atoms with E-state index >= 15 is 4.39 Å². The van der Waals surface area contributed by atoms with Gasteiger partial charge in [0.25, 0.3) is 5.91 Å². The molecule has 2 amide bonds. The number of ether oxygens (including phenoxy) is 1. The minimum absolute atomic E-state index is 0.0874. The summed E-state index contributed by atoms with van der Waals surface area (Å²) in [6.45, 7) is 7.76. The maximum Gasteiger partial charge on any atom is 0.252 e. The van der Waals surface area contributed by atoms with E-state index in [4.69, 9.17) is 16.3 Å². The van der Waals surface area contributed by atoms with Gasteiger partial charge in [0.05, 0.1) is 28.5 Å². The number of anilines is 1. The van der Waals surface area contributed by atoms with Crippen molar-refractivity contribution in [1.29, 1.82) is 0 Å². The Morgan fingerprint density at radius 1 is 1.31 bits per heavy atom. The largest absolute Gasteiger partial charge is 0.488 e. The quantitative estimate of drug-likeness (QED) is 0.550. The average molecular weight is 493 g/mol. The number of aryl methyl sites for hydroxylation is 1. The zero-order valence-electron chi connectivity index (χ0n) is 19.0. The minimum Gasteiger partial charge on any atom is -0.488 e. The molecule has 1 atom stereocenters. The molecular formula is C26H22ClFN4O3. The van der Waals surface area contributed by atoms with E-state index in [2.05, 4.69) is 21.8 Å². The summed E-state index contributed by atoms with van der Waals surface area (Å²) >= 11 is 6.74. The van der Waals surface area contributed by atoms with Crippen LogP contribution in [-0.4, -0.2) is 54.0 Å². The highest BCUT2D eigenvalue weighted by Crippen LogP contribution is 2.46. The van der Waals surface area contributed by atoms with Crippen molar-refractivity contribution in [1.82, 2.24) is 15.2 Å². The lowest BCUT2D eigenvalue weighted by Crippen LogP contribution is -2.58. The maximum atomic E-state index is 16.2. The van der Waals surface area contributed by atoms with Crippen LogP contribution in [0.15, 0.2) is 37.1 Å². The van der Waals surface area contributed by atoms with Crippen LogP contribution in [-0.2, 0) is 11.3 Å². The lowest BCUT2D eigenvalue weighted by atomic mass is 9.91. The molecule has 0 aliphatic carbocycles. The standard InChI is InChI=1S/C26H22ClFN4O3/c1-3-19(33)31-6-7-32-15(11-31)12-35-18-10-29-24-16(25(18)32)8-17(27)22(23(24)28)20-13(2)4-5-14-9-30-26(34)21(14)20/h3-5,8,10,15H,1,6-7,9,11-12H2,2H3,(H,30,34)/t15-/m1/s1. The molecule has 0 unspecified atom stereocenters. The number of carbonyl (C=O) groups excluding carboxylic acids is 2. The molecule has 3 aromatic rings. The Hall–Kier alpha value is -3.65. The van der Waals surface area contributed by atoms with E-state index < -0.39 is 5.82 Å². The van der Waals surface area contributed by atoms with Crippen LogP contribution < -0.4 is 15.0 Å². The molecule has 0 bridgehead atoms. The fourth-order valence-corrected chi connectivity index (χ4v) is 5.70. The number of amides is 2. The molecule has 4 heterocycles. The van der Waals surface area contributed by atoms with Crippen molar-refractivity contribution in [2.75, 3.05) is 31.1 Å². The number of hydrogen-bond acceptors (Lipinski definition) is 5. The Labute approximate surface area is 206 Å². The fourth-order valence-electron chi connectivity index (χ4n) is 5.41. The lowest BCUT2D eigenvalue weighted by molar-refractivity contribution is -0.127. The van der Waals surface area contributed by atoms with Crippen LogP contribution in [0.25, 0.3) is 22.0 Å². The van der Waals surface area contributed by atoms with Gasteiger partial charge in [0.2, 0.25) is 5.91 Å². The van der Waals surface area contributed by atoms with Crippen LogP contribution in [0.2, 0.25) is 5.02 Å². The Morgan fingerprint density at radius 2 is 2.14 bits per heavy atom.